The third-order valence-corrected chi connectivity index (χ3v) is 4.50. The molecule has 0 saturated heterocycles. The molecular formula is C15H21NO2S. The fourth-order valence-electron chi connectivity index (χ4n) is 1.90. The van der Waals surface area contributed by atoms with Crippen LogP contribution in [0.4, 0.5) is 0 Å². The predicted molar refractivity (Wildman–Crippen MR) is 78.6 cm³/mol. The van der Waals surface area contributed by atoms with Crippen LogP contribution in [0.5, 0.6) is 0 Å². The smallest absolute Gasteiger partial charge is 0.323 e. The van der Waals surface area contributed by atoms with Crippen LogP contribution in [-0.2, 0) is 9.53 Å². The van der Waals surface area contributed by atoms with E-state index in [2.05, 4.69) is 37.4 Å². The maximum Gasteiger partial charge on any atom is 0.323 e. The molecule has 1 atom stereocenters. The Bertz CT molecular complexity index is 457. The second-order valence-corrected chi connectivity index (χ2v) is 6.16. The summed E-state index contributed by atoms with van der Waals surface area (Å²) >= 11 is 1.72. The minimum atomic E-state index is -0.206. The van der Waals surface area contributed by atoms with Crippen LogP contribution < -0.4 is 5.32 Å². The molecule has 1 aliphatic rings. The Balaban J connectivity index is 1.96. The highest BCUT2D eigenvalue weighted by molar-refractivity contribution is 7.99. The zero-order valence-corrected chi connectivity index (χ0v) is 12.5. The number of nitrogens with one attached hydrogen (secondary N) is 1. The summed E-state index contributed by atoms with van der Waals surface area (Å²) in [7, 11) is 1.45. The Morgan fingerprint density at radius 2 is 2.21 bits per heavy atom. The van der Waals surface area contributed by atoms with E-state index in [9.17, 15) is 4.79 Å². The van der Waals surface area contributed by atoms with Gasteiger partial charge in [0.05, 0.1) is 7.11 Å². The molecule has 2 rings (SSSR count). The zero-order valence-electron chi connectivity index (χ0n) is 11.7. The van der Waals surface area contributed by atoms with Crippen molar-refractivity contribution in [2.24, 2.45) is 0 Å². The van der Waals surface area contributed by atoms with Crippen molar-refractivity contribution < 1.29 is 9.53 Å². The highest BCUT2D eigenvalue weighted by atomic mass is 32.2. The van der Waals surface area contributed by atoms with E-state index in [-0.39, 0.29) is 12.0 Å². The molecular weight excluding hydrogens is 258 g/mol. The number of methoxy groups -OCH3 is 1. The maximum absolute atomic E-state index is 11.8. The van der Waals surface area contributed by atoms with Crippen LogP contribution in [-0.4, -0.2) is 30.9 Å². The molecule has 0 heterocycles. The maximum atomic E-state index is 11.8. The van der Waals surface area contributed by atoms with Crippen LogP contribution in [0.25, 0.3) is 0 Å². The fraction of sp³-hybridized carbons (Fsp3) is 0.533. The Morgan fingerprint density at radius 3 is 2.84 bits per heavy atom. The van der Waals surface area contributed by atoms with Gasteiger partial charge in [-0.25, -0.2) is 0 Å². The molecule has 0 spiro atoms. The first-order chi connectivity index (χ1) is 9.10. The van der Waals surface area contributed by atoms with Crippen molar-refractivity contribution in [2.75, 3.05) is 12.9 Å². The number of aryl methyl sites for hydroxylation is 2. The normalized spacial score (nSPS) is 16.2. The number of hydrogen-bond donors (Lipinski definition) is 1. The van der Waals surface area contributed by atoms with Gasteiger partial charge < -0.3 is 10.1 Å². The average molecular weight is 279 g/mol. The zero-order chi connectivity index (χ0) is 13.8. The minimum absolute atomic E-state index is 0.162. The molecule has 0 radical (unpaired) electrons. The van der Waals surface area contributed by atoms with Gasteiger partial charge in [0.25, 0.3) is 0 Å². The second-order valence-electron chi connectivity index (χ2n) is 5.10. The van der Waals surface area contributed by atoms with Gasteiger partial charge in [-0.2, -0.15) is 0 Å². The van der Waals surface area contributed by atoms with Crippen molar-refractivity contribution in [3.8, 4) is 0 Å². The van der Waals surface area contributed by atoms with Crippen LogP contribution in [0, 0.1) is 13.8 Å². The first-order valence-electron chi connectivity index (χ1n) is 6.64. The molecule has 0 amide bonds. The third kappa shape index (κ3) is 4.25. The average Bonchev–Trinajstić information content (AvgIpc) is 3.21. The number of rotatable bonds is 6. The SMILES string of the molecule is COC(=O)C(CSc1cc(C)ccc1C)NC1CC1. The number of hydrogen-bond acceptors (Lipinski definition) is 4. The first-order valence-corrected chi connectivity index (χ1v) is 7.62. The summed E-state index contributed by atoms with van der Waals surface area (Å²) < 4.78 is 4.87. The quantitative estimate of drug-likeness (QED) is 0.642. The molecule has 3 nitrogen and oxygen atoms in total. The number of benzene rings is 1. The van der Waals surface area contributed by atoms with Crippen molar-refractivity contribution in [1.29, 1.82) is 0 Å². The van der Waals surface area contributed by atoms with Gasteiger partial charge in [0.15, 0.2) is 0 Å². The van der Waals surface area contributed by atoms with Crippen molar-refractivity contribution in [3.05, 3.63) is 29.3 Å². The van der Waals surface area contributed by atoms with Crippen LogP contribution in [0.1, 0.15) is 24.0 Å². The topological polar surface area (TPSA) is 38.3 Å². The number of thioether (sulfide) groups is 1. The number of ether oxygens (including phenoxy) is 1. The molecule has 1 aromatic rings. The second kappa shape index (κ2) is 6.44. The summed E-state index contributed by atoms with van der Waals surface area (Å²) in [5.74, 6) is 0.553. The standard InChI is InChI=1S/C15H21NO2S/c1-10-4-5-11(2)14(8-10)19-9-13(15(17)18-3)16-12-6-7-12/h4-5,8,12-13,16H,6-7,9H2,1-3H3. The lowest BCUT2D eigenvalue weighted by atomic mass is 10.2. The summed E-state index contributed by atoms with van der Waals surface area (Å²) in [4.78, 5) is 13.0. The fourth-order valence-corrected chi connectivity index (χ4v) is 3.04. The van der Waals surface area contributed by atoms with Gasteiger partial charge in [0, 0.05) is 16.7 Å². The Hall–Kier alpha value is -1.00. The van der Waals surface area contributed by atoms with Gasteiger partial charge >= 0.3 is 5.97 Å². The van der Waals surface area contributed by atoms with E-state index in [0.29, 0.717) is 11.8 Å². The number of carbonyl (C=O) groups is 1. The number of carbonyl (C=O) groups excluding carboxylic acids is 1. The van der Waals surface area contributed by atoms with Gasteiger partial charge in [-0.15, -0.1) is 11.8 Å². The van der Waals surface area contributed by atoms with Crippen LogP contribution in [0.2, 0.25) is 0 Å². The van der Waals surface area contributed by atoms with Crippen LogP contribution in [0.3, 0.4) is 0 Å². The third-order valence-electron chi connectivity index (χ3n) is 3.25. The summed E-state index contributed by atoms with van der Waals surface area (Å²) in [6.45, 7) is 4.19. The molecule has 0 aliphatic heterocycles. The molecule has 104 valence electrons. The molecule has 1 saturated carbocycles. The van der Waals surface area contributed by atoms with Crippen LogP contribution >= 0.6 is 11.8 Å². The van der Waals surface area contributed by atoms with E-state index in [1.807, 2.05) is 0 Å². The molecule has 19 heavy (non-hydrogen) atoms. The lowest BCUT2D eigenvalue weighted by molar-refractivity contribution is -0.142. The summed E-state index contributed by atoms with van der Waals surface area (Å²) in [6, 6.07) is 6.70. The van der Waals surface area contributed by atoms with Crippen LogP contribution in [0.15, 0.2) is 23.1 Å². The van der Waals surface area contributed by atoms with E-state index in [4.69, 9.17) is 4.74 Å². The first kappa shape index (κ1) is 14.4. The van der Waals surface area contributed by atoms with Gasteiger partial charge in [-0.1, -0.05) is 17.7 Å². The molecule has 1 fully saturated rings. The molecule has 1 unspecified atom stereocenters. The van der Waals surface area contributed by atoms with E-state index in [1.54, 1.807) is 11.8 Å². The van der Waals surface area contributed by atoms with Gasteiger partial charge in [-0.05, 0) is 38.3 Å². The highest BCUT2D eigenvalue weighted by Crippen LogP contribution is 2.26. The predicted octanol–water partition coefficient (Wildman–Crippen LogP) is 2.69. The lowest BCUT2D eigenvalue weighted by Gasteiger charge is -2.16. The summed E-state index contributed by atoms with van der Waals surface area (Å²) in [5, 5.41) is 3.35. The Labute approximate surface area is 119 Å². The Kier molecular flexibility index (Phi) is 4.88. The van der Waals surface area contributed by atoms with E-state index >= 15 is 0 Å². The van der Waals surface area contributed by atoms with Gasteiger partial charge in [-0.3, -0.25) is 4.79 Å². The summed E-state index contributed by atoms with van der Waals surface area (Å²) in [5.41, 5.74) is 2.50. The van der Waals surface area contributed by atoms with Gasteiger partial charge in [0.1, 0.15) is 6.04 Å². The monoisotopic (exact) mass is 279 g/mol. The summed E-state index contributed by atoms with van der Waals surface area (Å²) in [6.07, 6.45) is 2.34. The largest absolute Gasteiger partial charge is 0.468 e. The Morgan fingerprint density at radius 1 is 1.47 bits per heavy atom. The highest BCUT2D eigenvalue weighted by Gasteiger charge is 2.29. The lowest BCUT2D eigenvalue weighted by Crippen LogP contribution is -2.41. The molecule has 4 heteroatoms. The van der Waals surface area contributed by atoms with Gasteiger partial charge in [0.2, 0.25) is 0 Å². The molecule has 0 aromatic heterocycles. The van der Waals surface area contributed by atoms with Crippen molar-refractivity contribution >= 4 is 17.7 Å². The number of esters is 1. The molecule has 0 bridgehead atoms. The molecule has 1 N–H and O–H groups in total. The van der Waals surface area contributed by atoms with Crippen molar-refractivity contribution in [1.82, 2.24) is 5.32 Å². The van der Waals surface area contributed by atoms with Crippen molar-refractivity contribution in [3.63, 3.8) is 0 Å². The molecule has 1 aromatic carbocycles. The van der Waals surface area contributed by atoms with E-state index < -0.39 is 0 Å². The molecule has 1 aliphatic carbocycles. The van der Waals surface area contributed by atoms with E-state index in [0.717, 1.165) is 0 Å². The van der Waals surface area contributed by atoms with Crippen molar-refractivity contribution in [2.45, 2.75) is 43.7 Å². The van der Waals surface area contributed by atoms with E-state index in [1.165, 1.54) is 36.0 Å². The minimum Gasteiger partial charge on any atom is -0.468 e.